The van der Waals surface area contributed by atoms with Crippen LogP contribution in [0.4, 0.5) is 0 Å². The van der Waals surface area contributed by atoms with Crippen LogP contribution in [0.1, 0.15) is 30.6 Å². The molecule has 1 aliphatic heterocycles. The number of hydrogen-bond acceptors (Lipinski definition) is 3. The first-order valence-electron chi connectivity index (χ1n) is 7.29. The maximum Gasteiger partial charge on any atom is 0.136 e. The molecule has 20 heavy (non-hydrogen) atoms. The summed E-state index contributed by atoms with van der Waals surface area (Å²) in [6.45, 7) is 2.54. The zero-order valence-corrected chi connectivity index (χ0v) is 11.7. The van der Waals surface area contributed by atoms with Gasteiger partial charge in [-0.05, 0) is 43.5 Å². The Bertz CT molecular complexity index is 523. The Kier molecular flexibility index (Phi) is 3.90. The van der Waals surface area contributed by atoms with Gasteiger partial charge >= 0.3 is 0 Å². The maximum atomic E-state index is 10.9. The van der Waals surface area contributed by atoms with Gasteiger partial charge in [0.05, 0.1) is 6.26 Å². The summed E-state index contributed by atoms with van der Waals surface area (Å²) >= 11 is 0. The minimum Gasteiger partial charge on any atom is -0.466 e. The smallest absolute Gasteiger partial charge is 0.136 e. The van der Waals surface area contributed by atoms with E-state index in [0.29, 0.717) is 12.3 Å². The number of likely N-dealkylation sites (tertiary alicyclic amines) is 1. The van der Waals surface area contributed by atoms with Crippen molar-refractivity contribution in [3.63, 3.8) is 0 Å². The van der Waals surface area contributed by atoms with Crippen molar-refractivity contribution in [1.29, 1.82) is 0 Å². The van der Waals surface area contributed by atoms with Gasteiger partial charge in [-0.2, -0.15) is 0 Å². The minimum atomic E-state index is -0.852. The summed E-state index contributed by atoms with van der Waals surface area (Å²) in [6.07, 6.45) is 4.56. The number of aliphatic hydroxyl groups is 1. The van der Waals surface area contributed by atoms with Crippen LogP contribution in [0.25, 0.3) is 0 Å². The Hall–Kier alpha value is -1.58. The molecule has 1 saturated heterocycles. The van der Waals surface area contributed by atoms with E-state index in [1.165, 1.54) is 5.56 Å². The summed E-state index contributed by atoms with van der Waals surface area (Å²) in [6, 6.07) is 14.2. The lowest BCUT2D eigenvalue weighted by Gasteiger charge is -2.30. The van der Waals surface area contributed by atoms with Crippen molar-refractivity contribution in [3.05, 3.63) is 60.1 Å². The van der Waals surface area contributed by atoms with Crippen LogP contribution >= 0.6 is 0 Å². The van der Waals surface area contributed by atoms with Crippen LogP contribution in [0.15, 0.2) is 53.1 Å². The summed E-state index contributed by atoms with van der Waals surface area (Å²) < 4.78 is 5.45. The molecule has 1 aromatic carbocycles. The topological polar surface area (TPSA) is 36.6 Å². The third-order valence-corrected chi connectivity index (χ3v) is 4.03. The normalized spacial score (nSPS) is 24.4. The van der Waals surface area contributed by atoms with Crippen molar-refractivity contribution >= 4 is 0 Å². The monoisotopic (exact) mass is 271 g/mol. The molecular weight excluding hydrogens is 250 g/mol. The molecule has 3 heteroatoms. The standard InChI is InChI=1S/C17H21NO2/c19-17(16-9-6-12-20-16)10-4-5-11-18(14-17)13-15-7-2-1-3-8-15/h1-3,6-9,12,19H,4-5,10-11,13-14H2. The van der Waals surface area contributed by atoms with Gasteiger partial charge in [-0.3, -0.25) is 4.90 Å². The highest BCUT2D eigenvalue weighted by Gasteiger charge is 2.35. The first-order chi connectivity index (χ1) is 9.76. The summed E-state index contributed by atoms with van der Waals surface area (Å²) in [5.41, 5.74) is 0.436. The third kappa shape index (κ3) is 2.94. The molecule has 0 amide bonds. The van der Waals surface area contributed by atoms with E-state index < -0.39 is 5.60 Å². The molecule has 0 bridgehead atoms. The van der Waals surface area contributed by atoms with E-state index in [4.69, 9.17) is 4.42 Å². The van der Waals surface area contributed by atoms with Crippen LogP contribution in [0, 0.1) is 0 Å². The highest BCUT2D eigenvalue weighted by atomic mass is 16.4. The predicted molar refractivity (Wildman–Crippen MR) is 78.2 cm³/mol. The van der Waals surface area contributed by atoms with Gasteiger partial charge in [-0.1, -0.05) is 30.3 Å². The van der Waals surface area contributed by atoms with Crippen LogP contribution in [0.5, 0.6) is 0 Å². The van der Waals surface area contributed by atoms with Crippen molar-refractivity contribution in [2.75, 3.05) is 13.1 Å². The summed E-state index contributed by atoms with van der Waals surface area (Å²) in [4.78, 5) is 2.32. The lowest BCUT2D eigenvalue weighted by molar-refractivity contribution is -0.0180. The third-order valence-electron chi connectivity index (χ3n) is 4.03. The van der Waals surface area contributed by atoms with Gasteiger partial charge in [-0.15, -0.1) is 0 Å². The fraction of sp³-hybridized carbons (Fsp3) is 0.412. The fourth-order valence-corrected chi connectivity index (χ4v) is 3.00. The molecule has 1 atom stereocenters. The average Bonchev–Trinajstić information content (AvgIpc) is 2.93. The minimum absolute atomic E-state index is 0.634. The van der Waals surface area contributed by atoms with Crippen molar-refractivity contribution in [2.24, 2.45) is 0 Å². The number of β-amino-alcohol motifs (C(OH)–C–C–N with tert-alkyl or cyclic N) is 1. The predicted octanol–water partition coefficient (Wildman–Crippen LogP) is 3.15. The van der Waals surface area contributed by atoms with E-state index in [2.05, 4.69) is 29.2 Å². The van der Waals surface area contributed by atoms with Gasteiger partial charge < -0.3 is 9.52 Å². The van der Waals surface area contributed by atoms with E-state index in [0.717, 1.165) is 32.4 Å². The van der Waals surface area contributed by atoms with E-state index in [9.17, 15) is 5.11 Å². The van der Waals surface area contributed by atoms with Crippen molar-refractivity contribution in [3.8, 4) is 0 Å². The molecule has 1 N–H and O–H groups in total. The van der Waals surface area contributed by atoms with E-state index in [1.54, 1.807) is 6.26 Å². The van der Waals surface area contributed by atoms with Crippen LogP contribution in [-0.2, 0) is 12.1 Å². The Morgan fingerprint density at radius 3 is 2.70 bits per heavy atom. The number of hydrogen-bond donors (Lipinski definition) is 1. The summed E-state index contributed by atoms with van der Waals surface area (Å²) in [5, 5.41) is 10.9. The molecule has 1 aliphatic rings. The zero-order chi connectivity index (χ0) is 13.8. The molecule has 0 aliphatic carbocycles. The molecule has 1 aromatic heterocycles. The molecule has 3 rings (SSSR count). The average molecular weight is 271 g/mol. The van der Waals surface area contributed by atoms with Crippen LogP contribution in [0.2, 0.25) is 0 Å². The molecule has 2 aromatic rings. The first kappa shape index (κ1) is 13.4. The molecule has 0 radical (unpaired) electrons. The molecule has 0 saturated carbocycles. The molecular formula is C17H21NO2. The van der Waals surface area contributed by atoms with Crippen molar-refractivity contribution in [2.45, 2.75) is 31.4 Å². The van der Waals surface area contributed by atoms with Gasteiger partial charge in [0, 0.05) is 13.1 Å². The number of benzene rings is 1. The van der Waals surface area contributed by atoms with Gasteiger partial charge in [0.15, 0.2) is 0 Å². The largest absolute Gasteiger partial charge is 0.466 e. The number of furan rings is 1. The Morgan fingerprint density at radius 2 is 1.95 bits per heavy atom. The SMILES string of the molecule is OC1(c2ccco2)CCCCN(Cc2ccccc2)C1. The van der Waals surface area contributed by atoms with Crippen LogP contribution < -0.4 is 0 Å². The van der Waals surface area contributed by atoms with Crippen molar-refractivity contribution in [1.82, 2.24) is 4.90 Å². The molecule has 106 valence electrons. The second-order valence-electron chi connectivity index (χ2n) is 5.66. The van der Waals surface area contributed by atoms with Crippen LogP contribution in [0.3, 0.4) is 0 Å². The van der Waals surface area contributed by atoms with Crippen LogP contribution in [-0.4, -0.2) is 23.1 Å². The Balaban J connectivity index is 1.75. The van der Waals surface area contributed by atoms with Gasteiger partial charge in [0.25, 0.3) is 0 Å². The van der Waals surface area contributed by atoms with E-state index in [1.807, 2.05) is 18.2 Å². The molecule has 2 heterocycles. The lowest BCUT2D eigenvalue weighted by Crippen LogP contribution is -2.38. The number of rotatable bonds is 3. The quantitative estimate of drug-likeness (QED) is 0.931. The van der Waals surface area contributed by atoms with Gasteiger partial charge in [0.1, 0.15) is 11.4 Å². The first-order valence-corrected chi connectivity index (χ1v) is 7.29. The molecule has 0 spiro atoms. The highest BCUT2D eigenvalue weighted by Crippen LogP contribution is 2.31. The van der Waals surface area contributed by atoms with E-state index >= 15 is 0 Å². The Labute approximate surface area is 119 Å². The second-order valence-corrected chi connectivity index (χ2v) is 5.66. The lowest BCUT2D eigenvalue weighted by atomic mass is 9.95. The Morgan fingerprint density at radius 1 is 1.10 bits per heavy atom. The fourth-order valence-electron chi connectivity index (χ4n) is 3.00. The summed E-state index contributed by atoms with van der Waals surface area (Å²) in [5.74, 6) is 0.692. The second kappa shape index (κ2) is 5.81. The van der Waals surface area contributed by atoms with Gasteiger partial charge in [-0.25, -0.2) is 0 Å². The van der Waals surface area contributed by atoms with Crippen molar-refractivity contribution < 1.29 is 9.52 Å². The molecule has 3 nitrogen and oxygen atoms in total. The van der Waals surface area contributed by atoms with E-state index in [-0.39, 0.29) is 0 Å². The van der Waals surface area contributed by atoms with Gasteiger partial charge in [0.2, 0.25) is 0 Å². The molecule has 1 fully saturated rings. The zero-order valence-electron chi connectivity index (χ0n) is 11.7. The number of nitrogens with zero attached hydrogens (tertiary/aromatic N) is 1. The summed E-state index contributed by atoms with van der Waals surface area (Å²) in [7, 11) is 0. The maximum absolute atomic E-state index is 10.9. The molecule has 1 unspecified atom stereocenters. The highest BCUT2D eigenvalue weighted by molar-refractivity contribution is 5.15.